The van der Waals surface area contributed by atoms with Gasteiger partial charge in [-0.1, -0.05) is 114 Å². The maximum absolute atomic E-state index is 15.0. The van der Waals surface area contributed by atoms with Crippen LogP contribution in [0.5, 0.6) is 0 Å². The molecule has 2 heterocycles. The Labute approximate surface area is 343 Å². The predicted octanol–water partition coefficient (Wildman–Crippen LogP) is 14.3. The van der Waals surface area contributed by atoms with Crippen LogP contribution in [-0.4, -0.2) is 9.13 Å². The molecule has 10 aromatic rings. The van der Waals surface area contributed by atoms with E-state index in [2.05, 4.69) is 68.4 Å². The van der Waals surface area contributed by atoms with Gasteiger partial charge in [-0.25, -0.2) is 0 Å². The van der Waals surface area contributed by atoms with Gasteiger partial charge in [0.1, 0.15) is 11.6 Å². The second kappa shape index (κ2) is 13.9. The largest absolute Gasteiger partial charge is 0.417 e. The first kappa shape index (κ1) is 36.5. The predicted molar refractivity (Wildman–Crippen MR) is 235 cm³/mol. The van der Waals surface area contributed by atoms with E-state index < -0.39 is 11.7 Å². The van der Waals surface area contributed by atoms with Crippen LogP contribution >= 0.6 is 0 Å². The van der Waals surface area contributed by atoms with Gasteiger partial charge in [-0.05, 0) is 108 Å². The molecule has 4 nitrogen and oxygen atoms in total. The summed E-state index contributed by atoms with van der Waals surface area (Å²) in [5, 5.41) is 24.7. The second-order valence-electron chi connectivity index (χ2n) is 15.3. The Morgan fingerprint density at radius 1 is 0.433 bits per heavy atom. The number of benzene rings is 8. The first-order valence-electron chi connectivity index (χ1n) is 19.5. The molecule has 0 saturated heterocycles. The van der Waals surface area contributed by atoms with Gasteiger partial charge in [-0.15, -0.1) is 0 Å². The molecule has 7 heteroatoms. The Hall–Kier alpha value is -7.87. The smallest absolute Gasteiger partial charge is 0.308 e. The van der Waals surface area contributed by atoms with E-state index in [1.807, 2.05) is 100 Å². The molecule has 286 valence electrons. The molecule has 0 aliphatic heterocycles. The zero-order chi connectivity index (χ0) is 41.3. The molecular formula is C53H33F3N4. The molecule has 0 amide bonds. The minimum absolute atomic E-state index is 0.0983. The Bertz CT molecular complexity index is 3300. The summed E-state index contributed by atoms with van der Waals surface area (Å²) in [4.78, 5) is 0. The molecule has 0 atom stereocenters. The third-order valence-corrected chi connectivity index (χ3v) is 11.5. The van der Waals surface area contributed by atoms with Crippen LogP contribution in [0.15, 0.2) is 164 Å². The van der Waals surface area contributed by atoms with E-state index in [1.165, 1.54) is 12.1 Å². The Morgan fingerprint density at radius 3 is 1.38 bits per heavy atom. The van der Waals surface area contributed by atoms with Gasteiger partial charge in [0.25, 0.3) is 0 Å². The number of hydrogen-bond donors (Lipinski definition) is 0. The summed E-state index contributed by atoms with van der Waals surface area (Å²) in [6.07, 6.45) is -4.77. The van der Waals surface area contributed by atoms with Crippen molar-refractivity contribution >= 4 is 43.6 Å². The number of aryl methyl sites for hydroxylation is 2. The molecule has 0 saturated carbocycles. The number of nitrogens with zero attached hydrogens (tertiary/aromatic N) is 4. The quantitative estimate of drug-likeness (QED) is 0.175. The van der Waals surface area contributed by atoms with Gasteiger partial charge in [0.05, 0.1) is 50.6 Å². The minimum atomic E-state index is -4.77. The maximum Gasteiger partial charge on any atom is 0.417 e. The lowest BCUT2D eigenvalue weighted by molar-refractivity contribution is -0.137. The lowest BCUT2D eigenvalue weighted by Crippen LogP contribution is -2.09. The van der Waals surface area contributed by atoms with E-state index in [-0.39, 0.29) is 22.3 Å². The van der Waals surface area contributed by atoms with Crippen molar-refractivity contribution in [3.8, 4) is 56.9 Å². The van der Waals surface area contributed by atoms with E-state index in [4.69, 9.17) is 0 Å². The van der Waals surface area contributed by atoms with Crippen LogP contribution in [0.25, 0.3) is 88.4 Å². The minimum Gasteiger partial charge on any atom is -0.308 e. The van der Waals surface area contributed by atoms with Crippen LogP contribution in [-0.2, 0) is 6.18 Å². The zero-order valence-corrected chi connectivity index (χ0v) is 32.5. The summed E-state index contributed by atoms with van der Waals surface area (Å²) >= 11 is 0. The molecule has 60 heavy (non-hydrogen) atoms. The SMILES string of the molecule is Cc1cccc(-c2ccc3c(c2)c2ccccc2n3-c2cc(-c3ccc(C#N)cc3C(F)(F)F)cc(-n3c4ccccc4c4cc(-c5cccc(C)c5)ccc43)c2C#N)c1. The Morgan fingerprint density at radius 2 is 0.917 bits per heavy atom. The van der Waals surface area contributed by atoms with Crippen LogP contribution in [0, 0.1) is 36.5 Å². The fourth-order valence-electron chi connectivity index (χ4n) is 8.81. The number of fused-ring (bicyclic) bond motifs is 6. The molecule has 0 N–H and O–H groups in total. The van der Waals surface area contributed by atoms with Gasteiger partial charge >= 0.3 is 6.18 Å². The van der Waals surface area contributed by atoms with Crippen molar-refractivity contribution < 1.29 is 13.2 Å². The monoisotopic (exact) mass is 782 g/mol. The topological polar surface area (TPSA) is 57.4 Å². The summed E-state index contributed by atoms with van der Waals surface area (Å²) < 4.78 is 49.0. The highest BCUT2D eigenvalue weighted by Crippen LogP contribution is 2.44. The molecule has 0 bridgehead atoms. The fourth-order valence-corrected chi connectivity index (χ4v) is 8.81. The van der Waals surface area contributed by atoms with Crippen molar-refractivity contribution in [1.29, 1.82) is 10.5 Å². The number of aromatic nitrogens is 2. The average molecular weight is 783 g/mol. The summed E-state index contributed by atoms with van der Waals surface area (Å²) in [5.74, 6) is 0. The molecule has 0 aliphatic carbocycles. The van der Waals surface area contributed by atoms with Gasteiger partial charge in [0, 0.05) is 21.5 Å². The molecular weight excluding hydrogens is 750 g/mol. The average Bonchev–Trinajstić information content (AvgIpc) is 3.77. The number of halogens is 3. The van der Waals surface area contributed by atoms with Crippen LogP contribution in [0.2, 0.25) is 0 Å². The highest BCUT2D eigenvalue weighted by Gasteiger charge is 2.35. The molecule has 2 aromatic heterocycles. The van der Waals surface area contributed by atoms with Crippen molar-refractivity contribution in [2.24, 2.45) is 0 Å². The summed E-state index contributed by atoms with van der Waals surface area (Å²) in [7, 11) is 0. The normalized spacial score (nSPS) is 11.7. The van der Waals surface area contributed by atoms with Crippen molar-refractivity contribution in [2.75, 3.05) is 0 Å². The van der Waals surface area contributed by atoms with Crippen LogP contribution < -0.4 is 0 Å². The van der Waals surface area contributed by atoms with Crippen molar-refractivity contribution in [1.82, 2.24) is 9.13 Å². The van der Waals surface area contributed by atoms with E-state index in [1.54, 1.807) is 12.1 Å². The van der Waals surface area contributed by atoms with Gasteiger partial charge < -0.3 is 9.13 Å². The number of para-hydroxylation sites is 2. The number of rotatable bonds is 5. The molecule has 0 unspecified atom stereocenters. The third kappa shape index (κ3) is 5.91. The number of nitriles is 2. The van der Waals surface area contributed by atoms with Crippen LogP contribution in [0.4, 0.5) is 13.2 Å². The standard InChI is InChI=1S/C53H33F3N4/c1-32-9-7-11-35(23-32)37-18-21-49-43(26-37)41-13-3-5-15-47(41)59(49)51-28-39(40-20-17-34(30-57)25-46(40)53(54,55)56)29-52(45(51)31-58)60-48-16-6-4-14-42(48)44-27-38(19-22-50(44)60)36-12-8-10-33(2)24-36/h3-29H,1-2H3. The number of alkyl halides is 3. The van der Waals surface area contributed by atoms with E-state index in [0.29, 0.717) is 11.4 Å². The number of hydrogen-bond acceptors (Lipinski definition) is 2. The van der Waals surface area contributed by atoms with Gasteiger partial charge in [0.2, 0.25) is 0 Å². The van der Waals surface area contributed by atoms with Gasteiger partial charge in [-0.3, -0.25) is 0 Å². The summed E-state index contributed by atoms with van der Waals surface area (Å²) in [5.41, 5.74) is 9.90. The maximum atomic E-state index is 15.0. The lowest BCUT2D eigenvalue weighted by atomic mass is 9.94. The first-order chi connectivity index (χ1) is 29.1. The van der Waals surface area contributed by atoms with Crippen molar-refractivity contribution in [3.63, 3.8) is 0 Å². The van der Waals surface area contributed by atoms with Crippen molar-refractivity contribution in [2.45, 2.75) is 20.0 Å². The molecule has 0 aliphatic rings. The van der Waals surface area contributed by atoms with Crippen LogP contribution in [0.3, 0.4) is 0 Å². The fraction of sp³-hybridized carbons (Fsp3) is 0.0566. The molecule has 0 radical (unpaired) electrons. The molecule has 10 rings (SSSR count). The molecule has 8 aromatic carbocycles. The third-order valence-electron chi connectivity index (χ3n) is 11.5. The van der Waals surface area contributed by atoms with E-state index in [9.17, 15) is 10.5 Å². The van der Waals surface area contributed by atoms with Crippen molar-refractivity contribution in [3.05, 3.63) is 192 Å². The van der Waals surface area contributed by atoms with Gasteiger partial charge in [-0.2, -0.15) is 23.7 Å². The van der Waals surface area contributed by atoms with Crippen LogP contribution in [0.1, 0.15) is 27.8 Å². The van der Waals surface area contributed by atoms with E-state index >= 15 is 13.2 Å². The molecule has 0 fully saturated rings. The first-order valence-corrected chi connectivity index (χ1v) is 19.5. The zero-order valence-electron chi connectivity index (χ0n) is 32.5. The van der Waals surface area contributed by atoms with E-state index in [0.717, 1.165) is 83.1 Å². The highest BCUT2D eigenvalue weighted by molar-refractivity contribution is 6.12. The Kier molecular flexibility index (Phi) is 8.45. The Balaban J connectivity index is 1.32. The summed E-state index contributed by atoms with van der Waals surface area (Å²) in [6, 6.07) is 56.2. The lowest BCUT2D eigenvalue weighted by Gasteiger charge is -2.20. The van der Waals surface area contributed by atoms with Gasteiger partial charge in [0.15, 0.2) is 0 Å². The summed E-state index contributed by atoms with van der Waals surface area (Å²) in [6.45, 7) is 4.11. The molecule has 0 spiro atoms. The highest BCUT2D eigenvalue weighted by atomic mass is 19.4. The second-order valence-corrected chi connectivity index (χ2v) is 15.3.